The van der Waals surface area contributed by atoms with Crippen LogP contribution in [0.15, 0.2) is 46.9 Å². The van der Waals surface area contributed by atoms with Gasteiger partial charge in [-0.25, -0.2) is 4.98 Å². The molecule has 2 aromatic carbocycles. The molecule has 22 heavy (non-hydrogen) atoms. The molecule has 1 aromatic heterocycles. The van der Waals surface area contributed by atoms with Crippen molar-refractivity contribution in [3.05, 3.63) is 61.9 Å². The summed E-state index contributed by atoms with van der Waals surface area (Å²) in [6.07, 6.45) is 0. The molecule has 112 valence electrons. The van der Waals surface area contributed by atoms with Crippen molar-refractivity contribution >= 4 is 61.3 Å². The average Bonchev–Trinajstić information content (AvgIpc) is 2.84. The molecular weight excluding hydrogens is 403 g/mol. The third-order valence-electron chi connectivity index (χ3n) is 3.08. The summed E-state index contributed by atoms with van der Waals surface area (Å²) in [5.41, 5.74) is 2.81. The number of benzene rings is 2. The lowest BCUT2D eigenvalue weighted by Gasteiger charge is -2.05. The summed E-state index contributed by atoms with van der Waals surface area (Å²) in [6.45, 7) is 2.06. The van der Waals surface area contributed by atoms with Crippen LogP contribution in [0.4, 0.5) is 10.8 Å². The number of nitrogens with zero attached hydrogens (tertiary/aromatic N) is 1. The van der Waals surface area contributed by atoms with E-state index in [1.807, 2.05) is 24.3 Å². The van der Waals surface area contributed by atoms with E-state index in [1.54, 1.807) is 29.5 Å². The minimum Gasteiger partial charge on any atom is -0.330 e. The van der Waals surface area contributed by atoms with Crippen LogP contribution in [0.3, 0.4) is 0 Å². The maximum Gasteiger partial charge on any atom is 0.188 e. The molecule has 2 nitrogen and oxygen atoms in total. The Bertz CT molecular complexity index is 816. The van der Waals surface area contributed by atoms with Crippen molar-refractivity contribution < 1.29 is 0 Å². The number of nitrogens with one attached hydrogen (secondary N) is 1. The predicted octanol–water partition coefficient (Wildman–Crippen LogP) is 6.93. The Labute approximate surface area is 151 Å². The van der Waals surface area contributed by atoms with Gasteiger partial charge in [-0.1, -0.05) is 51.3 Å². The fourth-order valence-electron chi connectivity index (χ4n) is 2.03. The van der Waals surface area contributed by atoms with Gasteiger partial charge in [-0.05, 0) is 37.3 Å². The molecular formula is C16H11BrCl2N2S. The van der Waals surface area contributed by atoms with Crippen LogP contribution in [0.25, 0.3) is 11.3 Å². The summed E-state index contributed by atoms with van der Waals surface area (Å²) in [5.74, 6) is 0. The van der Waals surface area contributed by atoms with E-state index in [9.17, 15) is 0 Å². The highest BCUT2D eigenvalue weighted by molar-refractivity contribution is 9.10. The van der Waals surface area contributed by atoms with Crippen LogP contribution in [0.5, 0.6) is 0 Å². The fourth-order valence-corrected chi connectivity index (χ4v) is 3.48. The first-order chi connectivity index (χ1) is 10.5. The maximum atomic E-state index is 6.18. The average molecular weight is 414 g/mol. The van der Waals surface area contributed by atoms with E-state index < -0.39 is 0 Å². The Hall–Kier alpha value is -1.07. The molecule has 3 rings (SSSR count). The first kappa shape index (κ1) is 15.8. The third kappa shape index (κ3) is 3.46. The lowest BCUT2D eigenvalue weighted by molar-refractivity contribution is 1.36. The third-order valence-corrected chi connectivity index (χ3v) is 5.06. The van der Waals surface area contributed by atoms with Crippen molar-refractivity contribution in [1.82, 2.24) is 4.98 Å². The lowest BCUT2D eigenvalue weighted by atomic mass is 10.1. The van der Waals surface area contributed by atoms with Crippen LogP contribution in [0.1, 0.15) is 4.88 Å². The molecule has 6 heteroatoms. The Kier molecular flexibility index (Phi) is 4.73. The zero-order valence-corrected chi connectivity index (χ0v) is 15.4. The number of anilines is 2. The molecule has 3 aromatic rings. The number of hydrogen-bond donors (Lipinski definition) is 1. The van der Waals surface area contributed by atoms with Gasteiger partial charge < -0.3 is 5.32 Å². The van der Waals surface area contributed by atoms with Crippen LogP contribution in [-0.4, -0.2) is 4.98 Å². The zero-order chi connectivity index (χ0) is 15.7. The number of aromatic nitrogens is 1. The largest absolute Gasteiger partial charge is 0.330 e. The van der Waals surface area contributed by atoms with E-state index in [0.29, 0.717) is 10.0 Å². The van der Waals surface area contributed by atoms with Gasteiger partial charge in [-0.15, -0.1) is 11.3 Å². The molecule has 0 saturated carbocycles. The summed E-state index contributed by atoms with van der Waals surface area (Å²) >= 11 is 17.2. The van der Waals surface area contributed by atoms with Gasteiger partial charge in [-0.3, -0.25) is 0 Å². The first-order valence-corrected chi connectivity index (χ1v) is 8.85. The van der Waals surface area contributed by atoms with Crippen molar-refractivity contribution in [2.75, 3.05) is 5.32 Å². The van der Waals surface area contributed by atoms with Gasteiger partial charge in [0, 0.05) is 19.9 Å². The molecule has 0 spiro atoms. The zero-order valence-electron chi connectivity index (χ0n) is 11.5. The van der Waals surface area contributed by atoms with Gasteiger partial charge in [0.05, 0.1) is 16.4 Å². The summed E-state index contributed by atoms with van der Waals surface area (Å²) in [5, 5.41) is 5.27. The van der Waals surface area contributed by atoms with E-state index in [1.165, 1.54) is 0 Å². The summed E-state index contributed by atoms with van der Waals surface area (Å²) in [4.78, 5) is 5.81. The highest BCUT2D eigenvalue weighted by atomic mass is 79.9. The molecule has 0 aliphatic rings. The van der Waals surface area contributed by atoms with Crippen LogP contribution >= 0.6 is 50.5 Å². The summed E-state index contributed by atoms with van der Waals surface area (Å²) in [7, 11) is 0. The maximum absolute atomic E-state index is 6.18. The highest BCUT2D eigenvalue weighted by Gasteiger charge is 2.11. The first-order valence-electron chi connectivity index (χ1n) is 6.48. The van der Waals surface area contributed by atoms with E-state index in [-0.39, 0.29) is 0 Å². The smallest absolute Gasteiger partial charge is 0.188 e. The number of hydrogen-bond acceptors (Lipinski definition) is 3. The van der Waals surface area contributed by atoms with Crippen molar-refractivity contribution in [2.45, 2.75) is 6.92 Å². The highest BCUT2D eigenvalue weighted by Crippen LogP contribution is 2.34. The normalized spacial score (nSPS) is 10.7. The van der Waals surface area contributed by atoms with Crippen LogP contribution in [-0.2, 0) is 0 Å². The van der Waals surface area contributed by atoms with Gasteiger partial charge in [0.1, 0.15) is 0 Å². The van der Waals surface area contributed by atoms with Crippen LogP contribution in [0.2, 0.25) is 10.0 Å². The standard InChI is InChI=1S/C16H11BrCl2N2S/c1-9-15(10-2-4-11(17)5-3-10)21-16(22-9)20-14-8-12(18)6-7-13(14)19/h2-8H,1H3,(H,20,21). The minimum absolute atomic E-state index is 0.613. The number of halogens is 3. The van der Waals surface area contributed by atoms with Gasteiger partial charge in [0.25, 0.3) is 0 Å². The van der Waals surface area contributed by atoms with Gasteiger partial charge in [0.15, 0.2) is 5.13 Å². The number of thiazole rings is 1. The van der Waals surface area contributed by atoms with E-state index >= 15 is 0 Å². The van der Waals surface area contributed by atoms with Gasteiger partial charge in [-0.2, -0.15) is 0 Å². The molecule has 1 heterocycles. The lowest BCUT2D eigenvalue weighted by Crippen LogP contribution is -1.90. The molecule has 0 aliphatic heterocycles. The van der Waals surface area contributed by atoms with E-state index in [2.05, 4.69) is 33.2 Å². The monoisotopic (exact) mass is 412 g/mol. The number of aryl methyl sites for hydroxylation is 1. The molecule has 0 radical (unpaired) electrons. The van der Waals surface area contributed by atoms with Crippen molar-refractivity contribution in [2.24, 2.45) is 0 Å². The van der Waals surface area contributed by atoms with E-state index in [0.717, 1.165) is 31.4 Å². The molecule has 0 saturated heterocycles. The van der Waals surface area contributed by atoms with Crippen LogP contribution < -0.4 is 5.32 Å². The molecule has 0 fully saturated rings. The van der Waals surface area contributed by atoms with Gasteiger partial charge in [0.2, 0.25) is 0 Å². The molecule has 0 unspecified atom stereocenters. The van der Waals surface area contributed by atoms with Gasteiger partial charge >= 0.3 is 0 Å². The molecule has 1 N–H and O–H groups in total. The topological polar surface area (TPSA) is 24.9 Å². The fraction of sp³-hybridized carbons (Fsp3) is 0.0625. The van der Waals surface area contributed by atoms with Crippen LogP contribution in [0, 0.1) is 6.92 Å². The Morgan fingerprint density at radius 2 is 1.82 bits per heavy atom. The minimum atomic E-state index is 0.613. The second-order valence-corrected chi connectivity index (χ2v) is 7.64. The Morgan fingerprint density at radius 3 is 2.55 bits per heavy atom. The van der Waals surface area contributed by atoms with Crippen molar-refractivity contribution in [1.29, 1.82) is 0 Å². The van der Waals surface area contributed by atoms with E-state index in [4.69, 9.17) is 23.2 Å². The Morgan fingerprint density at radius 1 is 1.09 bits per heavy atom. The SMILES string of the molecule is Cc1sc(Nc2cc(Cl)ccc2Cl)nc1-c1ccc(Br)cc1. The second-order valence-electron chi connectivity index (χ2n) is 4.68. The predicted molar refractivity (Wildman–Crippen MR) is 99.7 cm³/mol. The quantitative estimate of drug-likeness (QED) is 0.503. The van der Waals surface area contributed by atoms with Crippen molar-refractivity contribution in [3.63, 3.8) is 0 Å². The number of rotatable bonds is 3. The molecule has 0 bridgehead atoms. The summed E-state index contributed by atoms with van der Waals surface area (Å²) in [6, 6.07) is 13.4. The summed E-state index contributed by atoms with van der Waals surface area (Å²) < 4.78 is 1.05. The Balaban J connectivity index is 1.92. The second kappa shape index (κ2) is 6.59. The molecule has 0 amide bonds. The molecule has 0 atom stereocenters. The molecule has 0 aliphatic carbocycles. The van der Waals surface area contributed by atoms with Crippen molar-refractivity contribution in [3.8, 4) is 11.3 Å².